The molecule has 4 rings (SSSR count). The molecule has 0 spiro atoms. The Kier molecular flexibility index (Phi) is 5.53. The number of rotatable bonds is 5. The zero-order chi connectivity index (χ0) is 20.1. The Bertz CT molecular complexity index is 1090. The van der Waals surface area contributed by atoms with Crippen molar-refractivity contribution < 1.29 is 14.3 Å². The third kappa shape index (κ3) is 4.44. The molecule has 7 nitrogen and oxygen atoms in total. The number of benzene rings is 1. The average Bonchev–Trinajstić information content (AvgIpc) is 3.35. The van der Waals surface area contributed by atoms with E-state index in [2.05, 4.69) is 15.2 Å². The van der Waals surface area contributed by atoms with Gasteiger partial charge in [0.2, 0.25) is 0 Å². The predicted molar refractivity (Wildman–Crippen MR) is 112 cm³/mol. The molecule has 1 fully saturated rings. The van der Waals surface area contributed by atoms with E-state index in [9.17, 15) is 9.90 Å². The highest BCUT2D eigenvalue weighted by Crippen LogP contribution is 2.33. The lowest BCUT2D eigenvalue weighted by Gasteiger charge is -2.12. The molecule has 0 bridgehead atoms. The highest BCUT2D eigenvalue weighted by Gasteiger charge is 2.34. The minimum Gasteiger partial charge on any atom is -0.507 e. The summed E-state index contributed by atoms with van der Waals surface area (Å²) < 4.78 is 5.38. The Morgan fingerprint density at radius 1 is 1.17 bits per heavy atom. The molecular formula is C21H16N4O3S. The summed E-state index contributed by atoms with van der Waals surface area (Å²) in [6, 6.07) is 14.1. The quantitative estimate of drug-likeness (QED) is 0.396. The van der Waals surface area contributed by atoms with Gasteiger partial charge in [-0.2, -0.15) is 5.10 Å². The van der Waals surface area contributed by atoms with Gasteiger partial charge in [-0.25, -0.2) is 0 Å². The molecule has 1 N–H and O–H groups in total. The van der Waals surface area contributed by atoms with Gasteiger partial charge in [0.05, 0.1) is 23.9 Å². The third-order valence-electron chi connectivity index (χ3n) is 4.04. The molecule has 1 saturated heterocycles. The monoisotopic (exact) mass is 404 g/mol. The average molecular weight is 404 g/mol. The zero-order valence-corrected chi connectivity index (χ0v) is 16.0. The molecule has 29 heavy (non-hydrogen) atoms. The van der Waals surface area contributed by atoms with E-state index in [1.165, 1.54) is 22.9 Å². The van der Waals surface area contributed by atoms with Crippen LogP contribution >= 0.6 is 11.8 Å². The molecule has 0 radical (unpaired) electrons. The summed E-state index contributed by atoms with van der Waals surface area (Å²) in [7, 11) is 0. The molecule has 144 valence electrons. The lowest BCUT2D eigenvalue weighted by molar-refractivity contribution is -0.122. The standard InChI is InChI=1S/C21H16N4O3S/c26-18-8-2-1-6-16(18)13-23-24-21-25(14-17-7-4-10-28-17)20(27)19(29-21)11-15-5-3-9-22-12-15/h1-13,26H,14H2/b19-11-,23-13-,24-21+. The van der Waals surface area contributed by atoms with Crippen LogP contribution in [0.3, 0.4) is 0 Å². The second-order valence-corrected chi connectivity index (χ2v) is 7.06. The molecule has 0 aliphatic carbocycles. The first kappa shape index (κ1) is 18.7. The van der Waals surface area contributed by atoms with Crippen molar-refractivity contribution in [1.82, 2.24) is 9.88 Å². The number of hydrogen-bond acceptors (Lipinski definition) is 7. The maximum Gasteiger partial charge on any atom is 0.267 e. The maximum atomic E-state index is 12.9. The molecule has 1 aliphatic heterocycles. The van der Waals surface area contributed by atoms with E-state index in [0.29, 0.717) is 21.4 Å². The minimum absolute atomic E-state index is 0.108. The first-order valence-corrected chi connectivity index (χ1v) is 9.55. The second kappa shape index (κ2) is 8.57. The molecule has 0 atom stereocenters. The van der Waals surface area contributed by atoms with Crippen LogP contribution < -0.4 is 0 Å². The van der Waals surface area contributed by atoms with E-state index in [1.54, 1.807) is 61.1 Å². The molecule has 3 aromatic rings. The Morgan fingerprint density at radius 2 is 2.07 bits per heavy atom. The van der Waals surface area contributed by atoms with Crippen LogP contribution in [-0.2, 0) is 11.3 Å². The molecule has 0 unspecified atom stereocenters. The van der Waals surface area contributed by atoms with Crippen LogP contribution in [0.1, 0.15) is 16.9 Å². The summed E-state index contributed by atoms with van der Waals surface area (Å²) in [4.78, 5) is 19.0. The number of amides is 1. The summed E-state index contributed by atoms with van der Waals surface area (Å²) >= 11 is 1.22. The van der Waals surface area contributed by atoms with Crippen molar-refractivity contribution in [3.05, 3.63) is 89.0 Å². The van der Waals surface area contributed by atoms with E-state index in [4.69, 9.17) is 4.42 Å². The Hall–Kier alpha value is -3.65. The Balaban J connectivity index is 1.63. The van der Waals surface area contributed by atoms with Gasteiger partial charge < -0.3 is 9.52 Å². The highest BCUT2D eigenvalue weighted by atomic mass is 32.2. The fraction of sp³-hybridized carbons (Fsp3) is 0.0476. The number of para-hydroxylation sites is 1. The smallest absolute Gasteiger partial charge is 0.267 e. The van der Waals surface area contributed by atoms with E-state index in [1.807, 2.05) is 12.1 Å². The summed E-state index contributed by atoms with van der Waals surface area (Å²) in [6.07, 6.45) is 8.13. The van der Waals surface area contributed by atoms with Gasteiger partial charge in [-0.1, -0.05) is 18.2 Å². The van der Waals surface area contributed by atoms with Crippen LogP contribution in [0.15, 0.2) is 86.7 Å². The van der Waals surface area contributed by atoms with Crippen molar-refractivity contribution in [2.75, 3.05) is 0 Å². The van der Waals surface area contributed by atoms with Crippen LogP contribution in [0.4, 0.5) is 0 Å². The van der Waals surface area contributed by atoms with Crippen molar-refractivity contribution in [3.63, 3.8) is 0 Å². The molecular weight excluding hydrogens is 388 g/mol. The van der Waals surface area contributed by atoms with Crippen molar-refractivity contribution in [2.45, 2.75) is 6.54 Å². The molecule has 2 aromatic heterocycles. The topological polar surface area (TPSA) is 91.3 Å². The van der Waals surface area contributed by atoms with Crippen molar-refractivity contribution in [3.8, 4) is 5.75 Å². The fourth-order valence-electron chi connectivity index (χ4n) is 2.63. The summed E-state index contributed by atoms with van der Waals surface area (Å²) in [6.45, 7) is 0.244. The fourth-order valence-corrected chi connectivity index (χ4v) is 3.57. The Morgan fingerprint density at radius 3 is 2.83 bits per heavy atom. The van der Waals surface area contributed by atoms with Gasteiger partial charge in [0.1, 0.15) is 11.5 Å². The number of aromatic hydroxyl groups is 1. The van der Waals surface area contributed by atoms with Crippen molar-refractivity contribution in [1.29, 1.82) is 0 Å². The maximum absolute atomic E-state index is 12.9. The molecule has 8 heteroatoms. The summed E-state index contributed by atoms with van der Waals surface area (Å²) in [5.41, 5.74) is 1.36. The number of carbonyl (C=O) groups is 1. The predicted octanol–water partition coefficient (Wildman–Crippen LogP) is 3.89. The first-order chi connectivity index (χ1) is 14.2. The first-order valence-electron chi connectivity index (χ1n) is 8.73. The third-order valence-corrected chi connectivity index (χ3v) is 5.04. The number of phenols is 1. The largest absolute Gasteiger partial charge is 0.507 e. The van der Waals surface area contributed by atoms with Crippen LogP contribution in [0, 0.1) is 0 Å². The Labute approximate surface area is 171 Å². The number of thioether (sulfide) groups is 1. The van der Waals surface area contributed by atoms with Crippen LogP contribution in [0.2, 0.25) is 0 Å². The number of amidine groups is 1. The van der Waals surface area contributed by atoms with Crippen molar-refractivity contribution in [2.24, 2.45) is 10.2 Å². The van der Waals surface area contributed by atoms with E-state index in [0.717, 1.165) is 5.56 Å². The van der Waals surface area contributed by atoms with Gasteiger partial charge >= 0.3 is 0 Å². The lowest BCUT2D eigenvalue weighted by Crippen LogP contribution is -2.28. The molecule has 1 amide bonds. The molecule has 0 saturated carbocycles. The number of carbonyl (C=O) groups excluding carboxylic acids is 1. The number of aromatic nitrogens is 1. The van der Waals surface area contributed by atoms with Crippen LogP contribution in [0.5, 0.6) is 5.75 Å². The van der Waals surface area contributed by atoms with Gasteiger partial charge in [0.15, 0.2) is 5.17 Å². The zero-order valence-electron chi connectivity index (χ0n) is 15.2. The number of pyridine rings is 1. The molecule has 3 heterocycles. The van der Waals surface area contributed by atoms with E-state index in [-0.39, 0.29) is 18.2 Å². The minimum atomic E-state index is -0.188. The number of phenolic OH excluding ortho intramolecular Hbond substituents is 1. The number of furan rings is 1. The number of hydrogen-bond donors (Lipinski definition) is 1. The summed E-state index contributed by atoms with van der Waals surface area (Å²) in [5, 5.41) is 18.5. The van der Waals surface area contributed by atoms with Gasteiger partial charge in [-0.05, 0) is 53.7 Å². The van der Waals surface area contributed by atoms with Crippen molar-refractivity contribution >= 4 is 35.1 Å². The SMILES string of the molecule is O=C1/C(=C/c2cccnc2)S/C(=N/N=C\c2ccccc2O)N1Cc1ccco1. The normalized spacial score (nSPS) is 17.1. The van der Waals surface area contributed by atoms with E-state index < -0.39 is 0 Å². The summed E-state index contributed by atoms with van der Waals surface area (Å²) in [5.74, 6) is 0.557. The van der Waals surface area contributed by atoms with Gasteiger partial charge in [-0.3, -0.25) is 14.7 Å². The molecule has 1 aliphatic rings. The second-order valence-electron chi connectivity index (χ2n) is 6.05. The van der Waals surface area contributed by atoms with Gasteiger partial charge in [-0.15, -0.1) is 5.10 Å². The number of nitrogens with zero attached hydrogens (tertiary/aromatic N) is 4. The molecule has 1 aromatic carbocycles. The van der Waals surface area contributed by atoms with Crippen LogP contribution in [0.25, 0.3) is 6.08 Å². The van der Waals surface area contributed by atoms with Gasteiger partial charge in [0, 0.05) is 18.0 Å². The lowest BCUT2D eigenvalue weighted by atomic mass is 10.2. The van der Waals surface area contributed by atoms with Crippen LogP contribution in [-0.4, -0.2) is 32.3 Å². The highest BCUT2D eigenvalue weighted by molar-refractivity contribution is 8.18. The van der Waals surface area contributed by atoms with Gasteiger partial charge in [0.25, 0.3) is 5.91 Å². The van der Waals surface area contributed by atoms with E-state index >= 15 is 0 Å².